The first kappa shape index (κ1) is 18.3. The number of halogens is 2. The van der Waals surface area contributed by atoms with Crippen molar-refractivity contribution in [3.8, 4) is 6.07 Å². The van der Waals surface area contributed by atoms with Gasteiger partial charge in [-0.2, -0.15) is 10.4 Å². The van der Waals surface area contributed by atoms with Gasteiger partial charge in [-0.3, -0.25) is 5.10 Å². The number of aryl methyl sites for hydroxylation is 1. The van der Waals surface area contributed by atoms with Gasteiger partial charge in [0.2, 0.25) is 0 Å². The van der Waals surface area contributed by atoms with Crippen LogP contribution in [0.25, 0.3) is 10.9 Å². The third kappa shape index (κ3) is 3.29. The molecule has 0 aliphatic carbocycles. The molecule has 0 unspecified atom stereocenters. The van der Waals surface area contributed by atoms with Gasteiger partial charge in [-0.25, -0.2) is 4.99 Å². The normalized spacial score (nSPS) is 11.4. The van der Waals surface area contributed by atoms with Gasteiger partial charge in [0.05, 0.1) is 5.69 Å². The largest absolute Gasteiger partial charge is 0.334 e. The highest BCUT2D eigenvalue weighted by Crippen LogP contribution is 2.29. The Bertz CT molecular complexity index is 1240. The predicted molar refractivity (Wildman–Crippen MR) is 113 cm³/mol. The van der Waals surface area contributed by atoms with Crippen LogP contribution in [0.2, 0.25) is 10.2 Å². The topological polar surface area (TPSA) is 69.8 Å². The molecule has 0 atom stereocenters. The molecule has 0 saturated heterocycles. The van der Waals surface area contributed by atoms with E-state index >= 15 is 0 Å². The van der Waals surface area contributed by atoms with Gasteiger partial charge in [0, 0.05) is 41.2 Å². The van der Waals surface area contributed by atoms with E-state index in [1.54, 1.807) is 6.21 Å². The van der Waals surface area contributed by atoms with Gasteiger partial charge in [0.1, 0.15) is 16.8 Å². The number of rotatable bonds is 4. The quantitative estimate of drug-likeness (QED) is 0.458. The number of aliphatic imine (C=N–C) groups is 1. The molecule has 7 heteroatoms. The number of hydrogen-bond acceptors (Lipinski definition) is 3. The van der Waals surface area contributed by atoms with E-state index in [2.05, 4.69) is 21.3 Å². The SMILES string of the molecule is Cn1c(Cl)c(C=Nc2n[nH]c(Cc3cccc(Cl)c3)c2C#N)c2ccccc21. The summed E-state index contributed by atoms with van der Waals surface area (Å²) >= 11 is 12.5. The van der Waals surface area contributed by atoms with Crippen LogP contribution in [-0.4, -0.2) is 21.0 Å². The van der Waals surface area contributed by atoms with E-state index in [4.69, 9.17) is 23.2 Å². The van der Waals surface area contributed by atoms with E-state index in [0.717, 1.165) is 22.0 Å². The number of fused-ring (bicyclic) bond motifs is 1. The minimum atomic E-state index is 0.337. The summed E-state index contributed by atoms with van der Waals surface area (Å²) < 4.78 is 1.90. The summed E-state index contributed by atoms with van der Waals surface area (Å²) in [6.07, 6.45) is 2.17. The van der Waals surface area contributed by atoms with Crippen LogP contribution in [0.4, 0.5) is 5.82 Å². The van der Waals surface area contributed by atoms with Crippen LogP contribution in [0.5, 0.6) is 0 Å². The summed E-state index contributed by atoms with van der Waals surface area (Å²) in [6.45, 7) is 0. The van der Waals surface area contributed by atoms with E-state index in [-0.39, 0.29) is 0 Å². The van der Waals surface area contributed by atoms with E-state index in [1.807, 2.05) is 60.1 Å². The van der Waals surface area contributed by atoms with Crippen LogP contribution in [-0.2, 0) is 13.5 Å². The maximum atomic E-state index is 9.61. The monoisotopic (exact) mass is 407 g/mol. The molecule has 0 bridgehead atoms. The molecule has 0 aliphatic heterocycles. The van der Waals surface area contributed by atoms with E-state index < -0.39 is 0 Å². The van der Waals surface area contributed by atoms with Gasteiger partial charge in [-0.1, -0.05) is 53.5 Å². The average molecular weight is 408 g/mol. The minimum Gasteiger partial charge on any atom is -0.334 e. The summed E-state index contributed by atoms with van der Waals surface area (Å²) in [6, 6.07) is 17.6. The molecule has 0 spiro atoms. The summed E-state index contributed by atoms with van der Waals surface area (Å²) in [7, 11) is 1.90. The van der Waals surface area contributed by atoms with Crippen molar-refractivity contribution in [2.24, 2.45) is 12.0 Å². The number of benzene rings is 2. The number of nitrogens with zero attached hydrogens (tertiary/aromatic N) is 4. The van der Waals surface area contributed by atoms with Gasteiger partial charge in [0.25, 0.3) is 0 Å². The maximum Gasteiger partial charge on any atom is 0.191 e. The molecule has 0 aliphatic rings. The second-order valence-electron chi connectivity index (χ2n) is 6.36. The molecule has 0 saturated carbocycles. The summed E-state index contributed by atoms with van der Waals surface area (Å²) in [4.78, 5) is 4.44. The lowest BCUT2D eigenvalue weighted by atomic mass is 10.1. The lowest BCUT2D eigenvalue weighted by molar-refractivity contribution is 0.969. The average Bonchev–Trinajstić information content (AvgIpc) is 3.19. The molecule has 0 fully saturated rings. The highest BCUT2D eigenvalue weighted by atomic mass is 35.5. The molecule has 2 aromatic carbocycles. The second kappa shape index (κ2) is 7.51. The van der Waals surface area contributed by atoms with Crippen molar-refractivity contribution >= 4 is 46.1 Å². The number of nitrogens with one attached hydrogen (secondary N) is 1. The summed E-state index contributed by atoms with van der Waals surface area (Å²) in [5, 5.41) is 19.0. The van der Waals surface area contributed by atoms with Crippen LogP contribution in [0.3, 0.4) is 0 Å². The first-order valence-corrected chi connectivity index (χ1v) is 9.33. The maximum absolute atomic E-state index is 9.61. The van der Waals surface area contributed by atoms with Crippen LogP contribution in [0, 0.1) is 11.3 Å². The first-order valence-electron chi connectivity index (χ1n) is 8.57. The van der Waals surface area contributed by atoms with Crippen molar-refractivity contribution in [1.82, 2.24) is 14.8 Å². The number of para-hydroxylation sites is 1. The third-order valence-corrected chi connectivity index (χ3v) is 5.28. The summed E-state index contributed by atoms with van der Waals surface area (Å²) in [5.74, 6) is 0.337. The molecule has 1 N–H and O–H groups in total. The summed E-state index contributed by atoms with van der Waals surface area (Å²) in [5.41, 5.74) is 3.90. The van der Waals surface area contributed by atoms with Crippen molar-refractivity contribution in [1.29, 1.82) is 5.26 Å². The molecule has 2 aromatic heterocycles. The van der Waals surface area contributed by atoms with Crippen LogP contribution in [0.1, 0.15) is 22.4 Å². The number of aromatic nitrogens is 3. The molecule has 4 aromatic rings. The van der Waals surface area contributed by atoms with Gasteiger partial charge in [-0.15, -0.1) is 0 Å². The Morgan fingerprint density at radius 1 is 1.21 bits per heavy atom. The number of H-pyrrole nitrogens is 1. The standard InChI is InChI=1S/C21H15Cl2N5/c1-28-19-8-3-2-7-15(19)17(20(28)23)12-25-21-16(11-24)18(26-27-21)10-13-5-4-6-14(22)9-13/h2-9,12H,10H2,1H3,(H,26,27). The molecule has 138 valence electrons. The fourth-order valence-corrected chi connectivity index (χ4v) is 3.65. The van der Waals surface area contributed by atoms with Gasteiger partial charge >= 0.3 is 0 Å². The first-order chi connectivity index (χ1) is 13.6. The zero-order chi connectivity index (χ0) is 19.7. The molecule has 2 heterocycles. The molecule has 4 rings (SSSR count). The Morgan fingerprint density at radius 2 is 2.04 bits per heavy atom. The third-order valence-electron chi connectivity index (χ3n) is 4.59. The molecular formula is C21H15Cl2N5. The molecular weight excluding hydrogens is 393 g/mol. The Hall–Kier alpha value is -3.07. The highest BCUT2D eigenvalue weighted by Gasteiger charge is 2.15. The second-order valence-corrected chi connectivity index (χ2v) is 7.15. The van der Waals surface area contributed by atoms with Crippen LogP contribution >= 0.6 is 23.2 Å². The van der Waals surface area contributed by atoms with E-state index in [0.29, 0.717) is 33.7 Å². The number of aromatic amines is 1. The van der Waals surface area contributed by atoms with Crippen molar-refractivity contribution in [3.05, 3.63) is 81.1 Å². The fourth-order valence-electron chi connectivity index (χ4n) is 3.20. The van der Waals surface area contributed by atoms with Crippen molar-refractivity contribution in [2.75, 3.05) is 0 Å². The van der Waals surface area contributed by atoms with Crippen LogP contribution in [0.15, 0.2) is 53.5 Å². The molecule has 0 radical (unpaired) electrons. The van der Waals surface area contributed by atoms with Gasteiger partial charge in [-0.05, 0) is 23.8 Å². The van der Waals surface area contributed by atoms with E-state index in [1.165, 1.54) is 0 Å². The Kier molecular flexibility index (Phi) is 4.91. The van der Waals surface area contributed by atoms with Crippen molar-refractivity contribution in [2.45, 2.75) is 6.42 Å². The lowest BCUT2D eigenvalue weighted by Gasteiger charge is -2.00. The van der Waals surface area contributed by atoms with Gasteiger partial charge < -0.3 is 4.57 Å². The number of hydrogen-bond donors (Lipinski definition) is 1. The smallest absolute Gasteiger partial charge is 0.191 e. The lowest BCUT2D eigenvalue weighted by Crippen LogP contribution is -1.91. The Morgan fingerprint density at radius 3 is 2.82 bits per heavy atom. The van der Waals surface area contributed by atoms with Crippen molar-refractivity contribution < 1.29 is 0 Å². The zero-order valence-electron chi connectivity index (χ0n) is 14.9. The van der Waals surface area contributed by atoms with Gasteiger partial charge in [0.15, 0.2) is 5.82 Å². The van der Waals surface area contributed by atoms with E-state index in [9.17, 15) is 5.26 Å². The zero-order valence-corrected chi connectivity index (χ0v) is 16.5. The molecule has 0 amide bonds. The number of nitriles is 1. The Balaban J connectivity index is 1.69. The molecule has 5 nitrogen and oxygen atoms in total. The fraction of sp³-hybridized carbons (Fsp3) is 0.0952. The van der Waals surface area contributed by atoms with Crippen molar-refractivity contribution in [3.63, 3.8) is 0 Å². The minimum absolute atomic E-state index is 0.337. The van der Waals surface area contributed by atoms with Crippen LogP contribution < -0.4 is 0 Å². The predicted octanol–water partition coefficient (Wildman–Crippen LogP) is 5.42. The molecule has 28 heavy (non-hydrogen) atoms. The Labute approximate surface area is 171 Å². The highest BCUT2D eigenvalue weighted by molar-refractivity contribution is 6.34.